The summed E-state index contributed by atoms with van der Waals surface area (Å²) in [6, 6.07) is 0. The molecule has 0 fully saturated rings. The second-order valence-corrected chi connectivity index (χ2v) is 2.32. The van der Waals surface area contributed by atoms with Crippen LogP contribution in [0.15, 0.2) is 12.4 Å². The Bertz CT molecular complexity index is 474. The Kier molecular flexibility index (Phi) is 1.24. The van der Waals surface area contributed by atoms with Gasteiger partial charge in [-0.25, -0.2) is 9.59 Å². The fraction of sp³-hybridized carbons (Fsp3) is 0. The molecule has 13 heavy (non-hydrogen) atoms. The van der Waals surface area contributed by atoms with E-state index in [0.29, 0.717) is 0 Å². The van der Waals surface area contributed by atoms with Gasteiger partial charge in [-0.1, -0.05) is 0 Å². The molecule has 7 heteroatoms. The van der Waals surface area contributed by atoms with Crippen LogP contribution in [0.2, 0.25) is 0 Å². The molecule has 0 aliphatic carbocycles. The van der Waals surface area contributed by atoms with Crippen LogP contribution in [0.4, 0.5) is 0 Å². The van der Waals surface area contributed by atoms with E-state index in [4.69, 9.17) is 0 Å². The Morgan fingerprint density at radius 2 is 2.08 bits per heavy atom. The molecule has 7 nitrogen and oxygen atoms in total. The highest BCUT2D eigenvalue weighted by Gasteiger charge is 2.41. The standard InChI is InChI=1S/C6H2N2O5/c9-5-3-4(6(10)13-5)8(12)2-1-7(3)11/h1-2H. The van der Waals surface area contributed by atoms with Crippen LogP contribution in [0.25, 0.3) is 0 Å². The van der Waals surface area contributed by atoms with E-state index < -0.39 is 23.3 Å². The number of carbonyl (C=O) groups excluding carboxylic acids is 2. The van der Waals surface area contributed by atoms with Gasteiger partial charge in [0, 0.05) is 4.91 Å². The minimum absolute atomic E-state index is 0.122. The lowest BCUT2D eigenvalue weighted by Gasteiger charge is -2.07. The lowest BCUT2D eigenvalue weighted by atomic mass is 10.3. The third-order valence-corrected chi connectivity index (χ3v) is 1.57. The summed E-state index contributed by atoms with van der Waals surface area (Å²) in [7, 11) is 0. The van der Waals surface area contributed by atoms with Crippen molar-refractivity contribution in [3.8, 4) is 0 Å². The van der Waals surface area contributed by atoms with E-state index in [9.17, 15) is 19.7 Å². The fourth-order valence-electron chi connectivity index (χ4n) is 1.03. The molecule has 0 radical (unpaired) electrons. The maximum Gasteiger partial charge on any atom is 0.419 e. The molecule has 2 rings (SSSR count). The molecule has 0 aromatic carbocycles. The molecular formula is C6H2N2O5. The molecule has 0 saturated heterocycles. The van der Waals surface area contributed by atoms with Crippen LogP contribution < -0.4 is 4.43 Å². The summed E-state index contributed by atoms with van der Waals surface area (Å²) in [5, 5.41) is 10.9. The third-order valence-electron chi connectivity index (χ3n) is 1.57. The third kappa shape index (κ3) is 0.835. The van der Waals surface area contributed by atoms with Gasteiger partial charge in [-0.15, -0.1) is 0 Å². The van der Waals surface area contributed by atoms with Crippen LogP contribution >= 0.6 is 0 Å². The van der Waals surface area contributed by atoms with Crippen molar-refractivity contribution in [1.82, 2.24) is 4.73 Å². The Morgan fingerprint density at radius 3 is 2.69 bits per heavy atom. The van der Waals surface area contributed by atoms with Crippen LogP contribution in [0.1, 0.15) is 21.0 Å². The molecule has 1 aliphatic heterocycles. The van der Waals surface area contributed by atoms with Crippen LogP contribution in [0, 0.1) is 10.1 Å². The van der Waals surface area contributed by atoms with Gasteiger partial charge in [-0.05, 0) is 0 Å². The minimum atomic E-state index is -1.10. The van der Waals surface area contributed by atoms with E-state index in [0.717, 1.165) is 12.4 Å². The highest BCUT2D eigenvalue weighted by atomic mass is 16.6. The highest BCUT2D eigenvalue weighted by Crippen LogP contribution is 2.13. The highest BCUT2D eigenvalue weighted by molar-refractivity contribution is 6.11. The number of hydrogen-bond donors (Lipinski definition) is 0. The number of ether oxygens (including phenoxy) is 1. The second kappa shape index (κ2) is 2.16. The molecule has 0 spiro atoms. The molecule has 1 aromatic heterocycles. The second-order valence-electron chi connectivity index (χ2n) is 2.32. The molecule has 1 aliphatic rings. The number of nitrogens with zero attached hydrogens (tertiary/aromatic N) is 2. The van der Waals surface area contributed by atoms with E-state index >= 15 is 0 Å². The average molecular weight is 182 g/mol. The average Bonchev–Trinajstić information content (AvgIpc) is 2.36. The largest absolute Gasteiger partial charge is 0.805 e. The van der Waals surface area contributed by atoms with Crippen molar-refractivity contribution in [2.45, 2.75) is 0 Å². The van der Waals surface area contributed by atoms with Gasteiger partial charge in [-0.2, -0.15) is 0 Å². The minimum Gasteiger partial charge on any atom is -0.805 e. The first-order chi connectivity index (χ1) is 6.11. The van der Waals surface area contributed by atoms with Crippen molar-refractivity contribution in [3.05, 3.63) is 33.9 Å². The zero-order valence-electron chi connectivity index (χ0n) is 6.09. The lowest BCUT2D eigenvalue weighted by molar-refractivity contribution is -0.498. The van der Waals surface area contributed by atoms with Gasteiger partial charge in [0.05, 0.1) is 10.6 Å². The molecule has 0 N–H and O–H groups in total. The van der Waals surface area contributed by atoms with Gasteiger partial charge < -0.3 is 14.7 Å². The van der Waals surface area contributed by atoms with E-state index in [1.54, 1.807) is 0 Å². The van der Waals surface area contributed by atoms with Crippen molar-refractivity contribution in [3.63, 3.8) is 0 Å². The van der Waals surface area contributed by atoms with Crippen LogP contribution in [-0.2, 0) is 4.74 Å². The predicted molar refractivity (Wildman–Crippen MR) is 36.3 cm³/mol. The first kappa shape index (κ1) is 7.47. The van der Waals surface area contributed by atoms with Gasteiger partial charge >= 0.3 is 17.6 Å². The fourth-order valence-corrected chi connectivity index (χ4v) is 1.03. The smallest absolute Gasteiger partial charge is 0.419 e. The topological polar surface area (TPSA) is 94.3 Å². The number of cyclic esters (lactones) is 2. The predicted octanol–water partition coefficient (Wildman–Crippen LogP) is -0.941. The van der Waals surface area contributed by atoms with Crippen molar-refractivity contribution < 1.29 is 18.8 Å². The van der Waals surface area contributed by atoms with Crippen LogP contribution in [0.5, 0.6) is 0 Å². The zero-order valence-corrected chi connectivity index (χ0v) is 6.09. The summed E-state index contributed by atoms with van der Waals surface area (Å²) in [5.41, 5.74) is -1.13. The molecule has 0 atom stereocenters. The van der Waals surface area contributed by atoms with E-state index in [2.05, 4.69) is 4.74 Å². The Balaban J connectivity index is 2.90. The van der Waals surface area contributed by atoms with E-state index in [-0.39, 0.29) is 9.16 Å². The van der Waals surface area contributed by atoms with Gasteiger partial charge in [0.2, 0.25) is 11.9 Å². The molecule has 0 amide bonds. The number of hydrogen-bond acceptors (Lipinski definition) is 5. The van der Waals surface area contributed by atoms with Crippen molar-refractivity contribution in [2.24, 2.45) is 0 Å². The normalized spacial score (nSPS) is 14.2. The number of fused-ring (bicyclic) bond motifs is 1. The van der Waals surface area contributed by atoms with Gasteiger partial charge in [0.25, 0.3) is 0 Å². The number of rotatable bonds is 0. The maximum absolute atomic E-state index is 10.9. The molecule has 0 bridgehead atoms. The van der Waals surface area contributed by atoms with Crippen LogP contribution in [0.3, 0.4) is 0 Å². The summed E-state index contributed by atoms with van der Waals surface area (Å²) in [4.78, 5) is 32.6. The summed E-state index contributed by atoms with van der Waals surface area (Å²) in [6.45, 7) is 0. The van der Waals surface area contributed by atoms with Gasteiger partial charge in [0.1, 0.15) is 0 Å². The Morgan fingerprint density at radius 1 is 1.38 bits per heavy atom. The number of carbonyl (C=O) groups is 2. The number of esters is 2. The Labute approximate surface area is 70.3 Å². The quantitative estimate of drug-likeness (QED) is 0.293. The summed E-state index contributed by atoms with van der Waals surface area (Å²) in [6.07, 6.45) is 1.65. The molecule has 66 valence electrons. The first-order valence-corrected chi connectivity index (χ1v) is 3.23. The first-order valence-electron chi connectivity index (χ1n) is 3.23. The zero-order chi connectivity index (χ0) is 9.59. The van der Waals surface area contributed by atoms with E-state index in [1.165, 1.54) is 0 Å². The van der Waals surface area contributed by atoms with E-state index in [1.807, 2.05) is 0 Å². The van der Waals surface area contributed by atoms with Crippen molar-refractivity contribution >= 4 is 11.9 Å². The van der Waals surface area contributed by atoms with Crippen molar-refractivity contribution in [2.75, 3.05) is 0 Å². The monoisotopic (exact) mass is 182 g/mol. The molecule has 1 aromatic rings. The Hall–Kier alpha value is -2.18. The molecule has 0 unspecified atom stereocenters. The summed E-state index contributed by atoms with van der Waals surface area (Å²) < 4.78 is 4.32. The summed E-state index contributed by atoms with van der Waals surface area (Å²) in [5.74, 6) is -2.19. The van der Waals surface area contributed by atoms with Crippen molar-refractivity contribution in [1.29, 1.82) is 0 Å². The SMILES string of the molecule is O=C1OC(=O)c2c1n([O-])cc[n+]2=O. The molecule has 2 heterocycles. The maximum atomic E-state index is 10.9. The van der Waals surface area contributed by atoms with Gasteiger partial charge in [0.15, 0.2) is 0 Å². The van der Waals surface area contributed by atoms with Crippen LogP contribution in [-0.4, -0.2) is 16.7 Å². The number of aromatic nitrogens is 2. The molecule has 0 saturated carbocycles. The summed E-state index contributed by atoms with van der Waals surface area (Å²) >= 11 is 0. The molecular weight excluding hydrogens is 180 g/mol. The lowest BCUT2D eigenvalue weighted by Crippen LogP contribution is -2.25. The van der Waals surface area contributed by atoms with Gasteiger partial charge in [-0.3, -0.25) is 0 Å².